The molecule has 0 saturated heterocycles. The fourth-order valence-electron chi connectivity index (χ4n) is 2.41. The van der Waals surface area contributed by atoms with Crippen LogP contribution in [0.4, 0.5) is 0 Å². The summed E-state index contributed by atoms with van der Waals surface area (Å²) < 4.78 is 0. The van der Waals surface area contributed by atoms with Gasteiger partial charge in [-0.25, -0.2) is 0 Å². The number of rotatable bonds is 5. The molecular formula is C18H16Cl2N4O2. The Kier molecular flexibility index (Phi) is 5.56. The van der Waals surface area contributed by atoms with Gasteiger partial charge >= 0.3 is 0 Å². The van der Waals surface area contributed by atoms with E-state index in [4.69, 9.17) is 23.2 Å². The molecule has 0 spiro atoms. The van der Waals surface area contributed by atoms with Crippen molar-refractivity contribution in [1.29, 1.82) is 0 Å². The van der Waals surface area contributed by atoms with Gasteiger partial charge in [-0.1, -0.05) is 35.3 Å². The van der Waals surface area contributed by atoms with E-state index in [2.05, 4.69) is 15.5 Å². The molecule has 26 heavy (non-hydrogen) atoms. The van der Waals surface area contributed by atoms with Crippen LogP contribution in [-0.4, -0.2) is 26.0 Å². The van der Waals surface area contributed by atoms with E-state index in [1.54, 1.807) is 36.4 Å². The summed E-state index contributed by atoms with van der Waals surface area (Å²) in [5, 5.41) is 22.0. The Morgan fingerprint density at radius 2 is 1.65 bits per heavy atom. The molecule has 1 aromatic heterocycles. The highest BCUT2D eigenvalue weighted by Crippen LogP contribution is 2.18. The van der Waals surface area contributed by atoms with Crippen LogP contribution in [0.15, 0.2) is 48.5 Å². The number of carbonyl (C=O) groups is 1. The van der Waals surface area contributed by atoms with Crippen molar-refractivity contribution in [2.24, 2.45) is 0 Å². The van der Waals surface area contributed by atoms with Crippen LogP contribution < -0.4 is 5.32 Å². The average Bonchev–Trinajstić information content (AvgIpc) is 3.07. The maximum atomic E-state index is 12.6. The number of halogens is 2. The molecule has 1 atom stereocenters. The predicted molar refractivity (Wildman–Crippen MR) is 99.6 cm³/mol. The molecule has 3 aromatic rings. The summed E-state index contributed by atoms with van der Waals surface area (Å²) in [6.45, 7) is 1.45. The molecule has 1 amide bonds. The SMILES string of the molecule is C[C@H](NC(=O)c1nn(-c2ccc(Cl)cc2)nc1CO)c1ccc(Cl)cc1. The normalized spacial score (nSPS) is 12.0. The first-order valence-corrected chi connectivity index (χ1v) is 8.63. The molecule has 0 saturated carbocycles. The molecule has 1 heterocycles. The maximum absolute atomic E-state index is 12.6. The van der Waals surface area contributed by atoms with E-state index in [1.807, 2.05) is 19.1 Å². The van der Waals surface area contributed by atoms with E-state index in [1.165, 1.54) is 4.80 Å². The zero-order valence-corrected chi connectivity index (χ0v) is 15.4. The Bertz CT molecular complexity index is 908. The number of aromatic nitrogens is 3. The number of amides is 1. The van der Waals surface area contributed by atoms with Crippen LogP contribution in [0.5, 0.6) is 0 Å². The van der Waals surface area contributed by atoms with Gasteiger partial charge in [0.25, 0.3) is 5.91 Å². The van der Waals surface area contributed by atoms with Gasteiger partial charge in [-0.15, -0.1) is 10.2 Å². The summed E-state index contributed by atoms with van der Waals surface area (Å²) in [5.41, 5.74) is 1.80. The van der Waals surface area contributed by atoms with Crippen LogP contribution in [0, 0.1) is 0 Å². The summed E-state index contributed by atoms with van der Waals surface area (Å²) in [6.07, 6.45) is 0. The predicted octanol–water partition coefficient (Wildman–Crippen LogP) is 3.56. The molecule has 134 valence electrons. The molecule has 2 N–H and O–H groups in total. The summed E-state index contributed by atoms with van der Waals surface area (Å²) in [7, 11) is 0. The molecule has 3 rings (SSSR count). The number of hydrogen-bond acceptors (Lipinski definition) is 4. The van der Waals surface area contributed by atoms with E-state index < -0.39 is 12.5 Å². The summed E-state index contributed by atoms with van der Waals surface area (Å²) in [4.78, 5) is 13.9. The van der Waals surface area contributed by atoms with Crippen molar-refractivity contribution in [3.63, 3.8) is 0 Å². The average molecular weight is 391 g/mol. The largest absolute Gasteiger partial charge is 0.390 e. The van der Waals surface area contributed by atoms with Gasteiger partial charge in [-0.2, -0.15) is 4.80 Å². The van der Waals surface area contributed by atoms with Gasteiger partial charge in [0.2, 0.25) is 0 Å². The van der Waals surface area contributed by atoms with Gasteiger partial charge in [0, 0.05) is 10.0 Å². The van der Waals surface area contributed by atoms with Crippen molar-refractivity contribution in [3.8, 4) is 5.69 Å². The van der Waals surface area contributed by atoms with Crippen LogP contribution >= 0.6 is 23.2 Å². The lowest BCUT2D eigenvalue weighted by Crippen LogP contribution is -2.28. The number of carbonyl (C=O) groups excluding carboxylic acids is 1. The Hall–Kier alpha value is -2.41. The molecule has 0 aliphatic heterocycles. The fraction of sp³-hybridized carbons (Fsp3) is 0.167. The third kappa shape index (κ3) is 4.04. The van der Waals surface area contributed by atoms with Gasteiger partial charge in [0.05, 0.1) is 18.3 Å². The van der Waals surface area contributed by atoms with Crippen molar-refractivity contribution >= 4 is 29.1 Å². The molecule has 0 fully saturated rings. The third-order valence-electron chi connectivity index (χ3n) is 3.82. The van der Waals surface area contributed by atoms with Crippen molar-refractivity contribution in [3.05, 3.63) is 75.5 Å². The topological polar surface area (TPSA) is 80.0 Å². The lowest BCUT2D eigenvalue weighted by Gasteiger charge is -2.13. The molecule has 0 unspecified atom stereocenters. The molecule has 8 heteroatoms. The minimum atomic E-state index is -0.420. The highest BCUT2D eigenvalue weighted by atomic mass is 35.5. The second-order valence-corrected chi connectivity index (χ2v) is 6.54. The standard InChI is InChI=1S/C18H16Cl2N4O2/c1-11(12-2-4-13(19)5-3-12)21-18(26)17-16(10-25)22-24(23-17)15-8-6-14(20)7-9-15/h2-9,11,25H,10H2,1H3,(H,21,26)/t11-/m0/s1. The highest BCUT2D eigenvalue weighted by molar-refractivity contribution is 6.30. The van der Waals surface area contributed by atoms with E-state index in [0.29, 0.717) is 15.7 Å². The van der Waals surface area contributed by atoms with Crippen LogP contribution in [0.2, 0.25) is 10.0 Å². The smallest absolute Gasteiger partial charge is 0.274 e. The van der Waals surface area contributed by atoms with Crippen molar-refractivity contribution in [2.45, 2.75) is 19.6 Å². The Morgan fingerprint density at radius 3 is 2.23 bits per heavy atom. The first-order chi connectivity index (χ1) is 12.5. The molecule has 0 aliphatic carbocycles. The van der Waals surface area contributed by atoms with Crippen LogP contribution in [0.3, 0.4) is 0 Å². The van der Waals surface area contributed by atoms with E-state index in [0.717, 1.165) is 5.56 Å². The van der Waals surface area contributed by atoms with Crippen LogP contribution in [0.1, 0.15) is 34.7 Å². The summed E-state index contributed by atoms with van der Waals surface area (Å²) in [5.74, 6) is -0.420. The van der Waals surface area contributed by atoms with Crippen molar-refractivity contribution < 1.29 is 9.90 Å². The summed E-state index contributed by atoms with van der Waals surface area (Å²) >= 11 is 11.8. The number of nitrogens with one attached hydrogen (secondary N) is 1. The molecule has 2 aromatic carbocycles. The quantitative estimate of drug-likeness (QED) is 0.697. The zero-order chi connectivity index (χ0) is 18.7. The third-order valence-corrected chi connectivity index (χ3v) is 4.33. The fourth-order valence-corrected chi connectivity index (χ4v) is 2.66. The first-order valence-electron chi connectivity index (χ1n) is 7.87. The first kappa shape index (κ1) is 18.4. The number of aliphatic hydroxyl groups excluding tert-OH is 1. The number of benzene rings is 2. The van der Waals surface area contributed by atoms with E-state index in [-0.39, 0.29) is 17.4 Å². The van der Waals surface area contributed by atoms with E-state index >= 15 is 0 Å². The van der Waals surface area contributed by atoms with Crippen molar-refractivity contribution in [1.82, 2.24) is 20.3 Å². The molecule has 6 nitrogen and oxygen atoms in total. The minimum Gasteiger partial charge on any atom is -0.390 e. The maximum Gasteiger partial charge on any atom is 0.274 e. The van der Waals surface area contributed by atoms with Gasteiger partial charge < -0.3 is 10.4 Å². The second kappa shape index (κ2) is 7.86. The monoisotopic (exact) mass is 390 g/mol. The molecule has 0 aliphatic rings. The Labute approximate surface area is 160 Å². The summed E-state index contributed by atoms with van der Waals surface area (Å²) in [6, 6.07) is 13.8. The lowest BCUT2D eigenvalue weighted by molar-refractivity contribution is 0.0931. The van der Waals surface area contributed by atoms with Gasteiger partial charge in [0.1, 0.15) is 5.69 Å². The molecule has 0 bridgehead atoms. The Balaban J connectivity index is 1.82. The van der Waals surface area contributed by atoms with Gasteiger partial charge in [-0.3, -0.25) is 4.79 Å². The van der Waals surface area contributed by atoms with E-state index in [9.17, 15) is 9.90 Å². The molecular weight excluding hydrogens is 375 g/mol. The lowest BCUT2D eigenvalue weighted by atomic mass is 10.1. The van der Waals surface area contributed by atoms with Crippen LogP contribution in [-0.2, 0) is 6.61 Å². The van der Waals surface area contributed by atoms with Gasteiger partial charge in [0.15, 0.2) is 5.69 Å². The molecule has 0 radical (unpaired) electrons. The number of aliphatic hydroxyl groups is 1. The van der Waals surface area contributed by atoms with Crippen molar-refractivity contribution in [2.75, 3.05) is 0 Å². The number of hydrogen-bond donors (Lipinski definition) is 2. The highest BCUT2D eigenvalue weighted by Gasteiger charge is 2.20. The second-order valence-electron chi connectivity index (χ2n) is 5.67. The minimum absolute atomic E-state index is 0.0725. The zero-order valence-electron chi connectivity index (χ0n) is 13.9. The Morgan fingerprint density at radius 1 is 1.08 bits per heavy atom. The van der Waals surface area contributed by atoms with Gasteiger partial charge in [-0.05, 0) is 48.9 Å². The van der Waals surface area contributed by atoms with Crippen LogP contribution in [0.25, 0.3) is 5.69 Å². The number of nitrogens with zero attached hydrogens (tertiary/aromatic N) is 3.